The third-order valence-electron chi connectivity index (χ3n) is 4.63. The first-order valence-corrected chi connectivity index (χ1v) is 9.16. The Labute approximate surface area is 162 Å². The molecule has 1 aliphatic rings. The molecule has 3 rings (SSSR count). The molecule has 0 radical (unpaired) electrons. The molecule has 1 fully saturated rings. The average molecular weight is 395 g/mol. The molecule has 4 N–H and O–H groups in total. The van der Waals surface area contributed by atoms with Crippen LogP contribution >= 0.6 is 11.6 Å². The van der Waals surface area contributed by atoms with Gasteiger partial charge in [0.25, 0.3) is 0 Å². The summed E-state index contributed by atoms with van der Waals surface area (Å²) in [7, 11) is 0. The molecule has 2 aromatic rings. The summed E-state index contributed by atoms with van der Waals surface area (Å²) in [6.45, 7) is 2.52. The van der Waals surface area contributed by atoms with Crippen LogP contribution in [0.25, 0.3) is 0 Å². The van der Waals surface area contributed by atoms with Gasteiger partial charge in [-0.05, 0) is 48.2 Å². The van der Waals surface area contributed by atoms with E-state index in [1.807, 2.05) is 31.2 Å². The van der Waals surface area contributed by atoms with Crippen molar-refractivity contribution < 1.29 is 29.9 Å². The van der Waals surface area contributed by atoms with Gasteiger partial charge in [0.15, 0.2) is 6.29 Å². The van der Waals surface area contributed by atoms with Crippen LogP contribution in [-0.2, 0) is 11.2 Å². The highest BCUT2D eigenvalue weighted by molar-refractivity contribution is 6.31. The van der Waals surface area contributed by atoms with Gasteiger partial charge in [-0.15, -0.1) is 0 Å². The fourth-order valence-corrected chi connectivity index (χ4v) is 3.32. The molecule has 0 saturated carbocycles. The summed E-state index contributed by atoms with van der Waals surface area (Å²) in [6, 6.07) is 12.7. The SMILES string of the molecule is CCOc1ccc(Cc2cc(C(O)[C@@H]3O[C@@H](O)[C@@H](O)[C@@H]3O)ccc2Cl)cc1. The molecule has 5 atom stereocenters. The third kappa shape index (κ3) is 4.43. The molecule has 1 unspecified atom stereocenters. The Balaban J connectivity index is 1.78. The highest BCUT2D eigenvalue weighted by Gasteiger charge is 2.45. The fraction of sp³-hybridized carbons (Fsp3) is 0.400. The van der Waals surface area contributed by atoms with Crippen LogP contribution in [0.3, 0.4) is 0 Å². The molecular formula is C20H23ClO6. The summed E-state index contributed by atoms with van der Waals surface area (Å²) >= 11 is 6.30. The van der Waals surface area contributed by atoms with Crippen molar-refractivity contribution in [1.82, 2.24) is 0 Å². The number of aliphatic hydroxyl groups excluding tert-OH is 4. The number of hydrogen-bond donors (Lipinski definition) is 4. The van der Waals surface area contributed by atoms with E-state index >= 15 is 0 Å². The van der Waals surface area contributed by atoms with Gasteiger partial charge in [0.05, 0.1) is 6.61 Å². The molecule has 0 aliphatic carbocycles. The first kappa shape index (κ1) is 20.1. The van der Waals surface area contributed by atoms with E-state index in [1.165, 1.54) is 0 Å². The molecule has 2 aromatic carbocycles. The van der Waals surface area contributed by atoms with Crippen LogP contribution in [-0.4, -0.2) is 51.6 Å². The van der Waals surface area contributed by atoms with Crippen LogP contribution in [0.15, 0.2) is 42.5 Å². The molecule has 1 saturated heterocycles. The Hall–Kier alpha value is -1.67. The predicted molar refractivity (Wildman–Crippen MR) is 99.7 cm³/mol. The smallest absolute Gasteiger partial charge is 0.184 e. The maximum Gasteiger partial charge on any atom is 0.184 e. The topological polar surface area (TPSA) is 99.4 Å². The van der Waals surface area contributed by atoms with Crippen LogP contribution < -0.4 is 4.74 Å². The zero-order valence-corrected chi connectivity index (χ0v) is 15.6. The molecule has 27 heavy (non-hydrogen) atoms. The van der Waals surface area contributed by atoms with Gasteiger partial charge in [-0.3, -0.25) is 0 Å². The molecule has 7 heteroatoms. The van der Waals surface area contributed by atoms with E-state index in [1.54, 1.807) is 18.2 Å². The van der Waals surface area contributed by atoms with Crippen molar-refractivity contribution >= 4 is 11.6 Å². The molecule has 1 heterocycles. The largest absolute Gasteiger partial charge is 0.494 e. The van der Waals surface area contributed by atoms with Crippen molar-refractivity contribution in [3.63, 3.8) is 0 Å². The number of aliphatic hydroxyl groups is 4. The van der Waals surface area contributed by atoms with Gasteiger partial charge in [-0.25, -0.2) is 0 Å². The monoisotopic (exact) mass is 394 g/mol. The van der Waals surface area contributed by atoms with Gasteiger partial charge in [0, 0.05) is 5.02 Å². The maximum atomic E-state index is 10.5. The first-order chi connectivity index (χ1) is 12.9. The number of ether oxygens (including phenoxy) is 2. The summed E-state index contributed by atoms with van der Waals surface area (Å²) in [4.78, 5) is 0. The van der Waals surface area contributed by atoms with Crippen molar-refractivity contribution in [1.29, 1.82) is 0 Å². The second-order valence-corrected chi connectivity index (χ2v) is 6.93. The van der Waals surface area contributed by atoms with Crippen molar-refractivity contribution in [2.24, 2.45) is 0 Å². The fourth-order valence-electron chi connectivity index (χ4n) is 3.14. The van der Waals surface area contributed by atoms with E-state index in [0.29, 0.717) is 23.6 Å². The quantitative estimate of drug-likeness (QED) is 0.596. The Morgan fingerprint density at radius 2 is 1.78 bits per heavy atom. The van der Waals surface area contributed by atoms with Crippen LogP contribution in [0.1, 0.15) is 29.7 Å². The maximum absolute atomic E-state index is 10.5. The van der Waals surface area contributed by atoms with Crippen molar-refractivity contribution in [2.75, 3.05) is 6.61 Å². The molecule has 0 amide bonds. The number of rotatable bonds is 6. The Bertz CT molecular complexity index is 766. The minimum atomic E-state index is -1.53. The van der Waals surface area contributed by atoms with E-state index in [0.717, 1.165) is 16.9 Å². The molecular weight excluding hydrogens is 372 g/mol. The standard InChI is InChI=1S/C20H23ClO6/c1-2-26-14-6-3-11(4-7-14)9-13-10-12(5-8-15(13)21)16(22)19-17(23)18(24)20(25)27-19/h3-8,10,16-20,22-25H,2,9H2,1H3/t16?,17-,18-,19-,20+/m0/s1. The molecule has 146 valence electrons. The molecule has 0 bridgehead atoms. The van der Waals surface area contributed by atoms with Gasteiger partial charge < -0.3 is 29.9 Å². The minimum Gasteiger partial charge on any atom is -0.494 e. The highest BCUT2D eigenvalue weighted by Crippen LogP contribution is 2.32. The highest BCUT2D eigenvalue weighted by atomic mass is 35.5. The summed E-state index contributed by atoms with van der Waals surface area (Å²) in [5, 5.41) is 40.2. The van der Waals surface area contributed by atoms with Crippen molar-refractivity contribution in [3.05, 3.63) is 64.2 Å². The Morgan fingerprint density at radius 3 is 2.37 bits per heavy atom. The summed E-state index contributed by atoms with van der Waals surface area (Å²) in [5.74, 6) is 0.793. The minimum absolute atomic E-state index is 0.477. The lowest BCUT2D eigenvalue weighted by Gasteiger charge is -2.22. The zero-order chi connectivity index (χ0) is 19.6. The van der Waals surface area contributed by atoms with Gasteiger partial charge in [-0.1, -0.05) is 35.9 Å². The molecule has 0 spiro atoms. The number of halogens is 1. The first-order valence-electron chi connectivity index (χ1n) is 8.78. The number of hydrogen-bond acceptors (Lipinski definition) is 6. The summed E-state index contributed by atoms with van der Waals surface area (Å²) in [6.07, 6.45) is -6.18. The lowest BCUT2D eigenvalue weighted by atomic mass is 9.96. The second kappa shape index (κ2) is 8.56. The summed E-state index contributed by atoms with van der Waals surface area (Å²) < 4.78 is 10.5. The van der Waals surface area contributed by atoms with Crippen molar-refractivity contribution in [3.8, 4) is 5.75 Å². The van der Waals surface area contributed by atoms with E-state index in [4.69, 9.17) is 21.1 Å². The third-order valence-corrected chi connectivity index (χ3v) is 5.00. The zero-order valence-electron chi connectivity index (χ0n) is 14.8. The molecule has 6 nitrogen and oxygen atoms in total. The normalized spacial score (nSPS) is 26.1. The lowest BCUT2D eigenvalue weighted by Crippen LogP contribution is -2.35. The van der Waals surface area contributed by atoms with E-state index in [2.05, 4.69) is 0 Å². The lowest BCUT2D eigenvalue weighted by molar-refractivity contribution is -0.146. The van der Waals surface area contributed by atoms with Gasteiger partial charge >= 0.3 is 0 Å². The van der Waals surface area contributed by atoms with Gasteiger partial charge in [0.1, 0.15) is 30.2 Å². The van der Waals surface area contributed by atoms with E-state index in [9.17, 15) is 20.4 Å². The number of benzene rings is 2. The summed E-state index contributed by atoms with van der Waals surface area (Å²) in [5.41, 5.74) is 2.30. The predicted octanol–water partition coefficient (Wildman–Crippen LogP) is 1.80. The van der Waals surface area contributed by atoms with Crippen molar-refractivity contribution in [2.45, 2.75) is 44.1 Å². The Kier molecular flexibility index (Phi) is 6.37. The van der Waals surface area contributed by atoms with Crippen LogP contribution in [0.5, 0.6) is 5.75 Å². The van der Waals surface area contributed by atoms with E-state index < -0.39 is 30.7 Å². The van der Waals surface area contributed by atoms with Crippen LogP contribution in [0.4, 0.5) is 0 Å². The van der Waals surface area contributed by atoms with E-state index in [-0.39, 0.29) is 0 Å². The Morgan fingerprint density at radius 1 is 1.07 bits per heavy atom. The van der Waals surface area contributed by atoms with Gasteiger partial charge in [0.2, 0.25) is 0 Å². The molecule has 1 aliphatic heterocycles. The average Bonchev–Trinajstić information content (AvgIpc) is 2.92. The second-order valence-electron chi connectivity index (χ2n) is 6.52. The van der Waals surface area contributed by atoms with Crippen LogP contribution in [0.2, 0.25) is 5.02 Å². The molecule has 0 aromatic heterocycles. The van der Waals surface area contributed by atoms with Crippen LogP contribution in [0, 0.1) is 0 Å². The van der Waals surface area contributed by atoms with Gasteiger partial charge in [-0.2, -0.15) is 0 Å².